The van der Waals surface area contributed by atoms with Crippen molar-refractivity contribution in [1.82, 2.24) is 4.31 Å². The molecule has 0 atom stereocenters. The molecular weight excluding hydrogens is 331 g/mol. The Labute approximate surface area is 134 Å². The highest BCUT2D eigenvalue weighted by atomic mass is 32.2. The lowest BCUT2D eigenvalue weighted by Crippen LogP contribution is -2.42. The minimum atomic E-state index is -4.49. The van der Waals surface area contributed by atoms with Crippen LogP contribution in [0.25, 0.3) is 0 Å². The smallest absolute Gasteiger partial charge is 0.393 e. The third-order valence-corrected chi connectivity index (χ3v) is 6.22. The zero-order valence-corrected chi connectivity index (χ0v) is 13.6. The van der Waals surface area contributed by atoms with E-state index in [0.717, 1.165) is 24.3 Å². The number of sulfonamides is 1. The molecule has 23 heavy (non-hydrogen) atoms. The zero-order valence-electron chi connectivity index (χ0n) is 12.8. The molecule has 1 saturated carbocycles. The van der Waals surface area contributed by atoms with Crippen LogP contribution < -0.4 is 0 Å². The molecule has 0 unspecified atom stereocenters. The molecule has 0 amide bonds. The second-order valence-electron chi connectivity index (χ2n) is 5.69. The topological polar surface area (TPSA) is 57.6 Å². The molecular formula is C15H20F3NO3S. The Bertz CT molecular complexity index is 620. The van der Waals surface area contributed by atoms with Crippen LogP contribution in [0.15, 0.2) is 29.2 Å². The molecule has 1 aromatic rings. The van der Waals surface area contributed by atoms with Crippen LogP contribution in [0.4, 0.5) is 13.2 Å². The summed E-state index contributed by atoms with van der Waals surface area (Å²) in [5.74, 6) is 0. The van der Waals surface area contributed by atoms with Gasteiger partial charge in [-0.05, 0) is 49.9 Å². The normalized spacial score (nSPS) is 23.2. The Morgan fingerprint density at radius 3 is 2.09 bits per heavy atom. The van der Waals surface area contributed by atoms with Crippen molar-refractivity contribution in [3.8, 4) is 0 Å². The first-order chi connectivity index (χ1) is 10.7. The molecule has 130 valence electrons. The van der Waals surface area contributed by atoms with E-state index < -0.39 is 27.9 Å². The number of hydrogen-bond donors (Lipinski definition) is 1. The largest absolute Gasteiger partial charge is 0.416 e. The van der Waals surface area contributed by atoms with E-state index in [9.17, 15) is 26.7 Å². The number of benzene rings is 1. The molecule has 0 aliphatic heterocycles. The number of halogens is 3. The molecule has 0 bridgehead atoms. The van der Waals surface area contributed by atoms with E-state index in [1.807, 2.05) is 0 Å². The van der Waals surface area contributed by atoms with Crippen molar-refractivity contribution in [3.63, 3.8) is 0 Å². The molecule has 0 heterocycles. The van der Waals surface area contributed by atoms with Gasteiger partial charge in [-0.25, -0.2) is 8.42 Å². The molecule has 0 radical (unpaired) electrons. The summed E-state index contributed by atoms with van der Waals surface area (Å²) in [7, 11) is -3.85. The van der Waals surface area contributed by atoms with Gasteiger partial charge in [0.05, 0.1) is 16.6 Å². The molecule has 2 rings (SSSR count). The van der Waals surface area contributed by atoms with Crippen LogP contribution in [-0.2, 0) is 16.2 Å². The summed E-state index contributed by atoms with van der Waals surface area (Å²) in [6, 6.07) is 3.34. The van der Waals surface area contributed by atoms with E-state index in [1.165, 1.54) is 4.31 Å². The molecule has 1 aromatic carbocycles. The predicted octanol–water partition coefficient (Wildman–Crippen LogP) is 3.02. The van der Waals surface area contributed by atoms with Crippen molar-refractivity contribution in [2.24, 2.45) is 0 Å². The number of alkyl halides is 3. The maximum Gasteiger partial charge on any atom is 0.416 e. The van der Waals surface area contributed by atoms with Crippen LogP contribution in [0.2, 0.25) is 0 Å². The fourth-order valence-electron chi connectivity index (χ4n) is 2.92. The summed E-state index contributed by atoms with van der Waals surface area (Å²) < 4.78 is 64.5. The summed E-state index contributed by atoms with van der Waals surface area (Å²) >= 11 is 0. The number of nitrogens with zero attached hydrogens (tertiary/aromatic N) is 1. The van der Waals surface area contributed by atoms with Gasteiger partial charge in [0, 0.05) is 12.6 Å². The van der Waals surface area contributed by atoms with Gasteiger partial charge in [0.2, 0.25) is 10.0 Å². The van der Waals surface area contributed by atoms with E-state index >= 15 is 0 Å². The number of hydrogen-bond acceptors (Lipinski definition) is 3. The Morgan fingerprint density at radius 1 is 1.13 bits per heavy atom. The molecule has 0 spiro atoms. The van der Waals surface area contributed by atoms with Crippen LogP contribution in [0, 0.1) is 0 Å². The van der Waals surface area contributed by atoms with E-state index in [2.05, 4.69) is 0 Å². The quantitative estimate of drug-likeness (QED) is 0.907. The maximum atomic E-state index is 12.7. The second-order valence-corrected chi connectivity index (χ2v) is 7.58. The first-order valence-corrected chi connectivity index (χ1v) is 8.97. The number of aliphatic hydroxyl groups is 1. The monoisotopic (exact) mass is 351 g/mol. The van der Waals surface area contributed by atoms with E-state index in [-0.39, 0.29) is 17.5 Å². The third-order valence-electron chi connectivity index (χ3n) is 4.17. The molecule has 0 saturated heterocycles. The first-order valence-electron chi connectivity index (χ1n) is 7.53. The molecule has 1 aliphatic carbocycles. The van der Waals surface area contributed by atoms with Crippen LogP contribution in [0.1, 0.15) is 38.2 Å². The average molecular weight is 351 g/mol. The Kier molecular flexibility index (Phi) is 5.37. The van der Waals surface area contributed by atoms with Gasteiger partial charge in [-0.15, -0.1) is 0 Å². The van der Waals surface area contributed by atoms with Crippen LogP contribution in [0.5, 0.6) is 0 Å². The van der Waals surface area contributed by atoms with Crippen LogP contribution >= 0.6 is 0 Å². The lowest BCUT2D eigenvalue weighted by Gasteiger charge is -2.34. The van der Waals surface area contributed by atoms with Crippen molar-refractivity contribution >= 4 is 10.0 Å². The summed E-state index contributed by atoms with van der Waals surface area (Å²) in [5, 5.41) is 9.53. The number of rotatable bonds is 4. The van der Waals surface area contributed by atoms with Gasteiger partial charge in [0.25, 0.3) is 0 Å². The predicted molar refractivity (Wildman–Crippen MR) is 79.3 cm³/mol. The van der Waals surface area contributed by atoms with Gasteiger partial charge in [0.15, 0.2) is 0 Å². The van der Waals surface area contributed by atoms with Gasteiger partial charge in [-0.1, -0.05) is 6.92 Å². The van der Waals surface area contributed by atoms with Crippen molar-refractivity contribution in [2.75, 3.05) is 6.54 Å². The van der Waals surface area contributed by atoms with Crippen molar-refractivity contribution in [3.05, 3.63) is 29.8 Å². The molecule has 1 N–H and O–H groups in total. The van der Waals surface area contributed by atoms with E-state index in [4.69, 9.17) is 0 Å². The van der Waals surface area contributed by atoms with E-state index in [1.54, 1.807) is 6.92 Å². The molecule has 0 aromatic heterocycles. The Morgan fingerprint density at radius 2 is 1.65 bits per heavy atom. The fourth-order valence-corrected chi connectivity index (χ4v) is 4.62. The van der Waals surface area contributed by atoms with Gasteiger partial charge >= 0.3 is 6.18 Å². The average Bonchev–Trinajstić information content (AvgIpc) is 2.49. The van der Waals surface area contributed by atoms with Gasteiger partial charge in [-0.3, -0.25) is 0 Å². The van der Waals surface area contributed by atoms with Crippen LogP contribution in [-0.4, -0.2) is 36.5 Å². The van der Waals surface area contributed by atoms with Crippen molar-refractivity contribution in [2.45, 2.75) is 55.8 Å². The SMILES string of the molecule is CCN([C@H]1CC[C@H](O)CC1)S(=O)(=O)c1ccc(C(F)(F)F)cc1. The summed E-state index contributed by atoms with van der Waals surface area (Å²) in [4.78, 5) is -0.140. The highest BCUT2D eigenvalue weighted by molar-refractivity contribution is 7.89. The standard InChI is InChI=1S/C15H20F3NO3S/c1-2-19(12-5-7-13(20)8-6-12)23(21,22)14-9-3-11(4-10-14)15(16,17)18/h3-4,9-10,12-13,20H,2,5-8H2,1H3/t12-,13-. The highest BCUT2D eigenvalue weighted by Gasteiger charge is 2.34. The Balaban J connectivity index is 2.25. The molecule has 8 heteroatoms. The summed E-state index contributed by atoms with van der Waals surface area (Å²) in [6.07, 6.45) is -2.73. The van der Waals surface area contributed by atoms with Gasteiger partial charge in [0.1, 0.15) is 0 Å². The fraction of sp³-hybridized carbons (Fsp3) is 0.600. The van der Waals surface area contributed by atoms with Crippen molar-refractivity contribution in [1.29, 1.82) is 0 Å². The third kappa shape index (κ3) is 4.05. The first kappa shape index (κ1) is 18.2. The molecule has 4 nitrogen and oxygen atoms in total. The van der Waals surface area contributed by atoms with Gasteiger partial charge in [-0.2, -0.15) is 17.5 Å². The second kappa shape index (κ2) is 6.78. The lowest BCUT2D eigenvalue weighted by molar-refractivity contribution is -0.137. The minimum absolute atomic E-state index is 0.140. The lowest BCUT2D eigenvalue weighted by atomic mass is 9.93. The van der Waals surface area contributed by atoms with Crippen LogP contribution in [0.3, 0.4) is 0 Å². The molecule has 1 aliphatic rings. The Hall–Kier alpha value is -1.12. The maximum absolute atomic E-state index is 12.7. The zero-order chi connectivity index (χ0) is 17.3. The number of aliphatic hydroxyl groups excluding tert-OH is 1. The van der Waals surface area contributed by atoms with Gasteiger partial charge < -0.3 is 5.11 Å². The molecule has 1 fully saturated rings. The summed E-state index contributed by atoms with van der Waals surface area (Å²) in [5.41, 5.74) is -0.875. The highest BCUT2D eigenvalue weighted by Crippen LogP contribution is 2.31. The van der Waals surface area contributed by atoms with E-state index in [0.29, 0.717) is 25.7 Å². The summed E-state index contributed by atoms with van der Waals surface area (Å²) in [6.45, 7) is 1.94. The van der Waals surface area contributed by atoms with Crippen molar-refractivity contribution < 1.29 is 26.7 Å². The minimum Gasteiger partial charge on any atom is -0.393 e.